The second-order valence-corrected chi connectivity index (χ2v) is 6.02. The molecule has 2 aromatic rings. The van der Waals surface area contributed by atoms with E-state index in [1.165, 1.54) is 11.1 Å². The molecule has 1 aromatic carbocycles. The third-order valence-corrected chi connectivity index (χ3v) is 4.38. The van der Waals surface area contributed by atoms with Crippen LogP contribution in [0.5, 0.6) is 5.75 Å². The van der Waals surface area contributed by atoms with Crippen LogP contribution >= 0.6 is 0 Å². The normalized spacial score (nSPS) is 15.0. The summed E-state index contributed by atoms with van der Waals surface area (Å²) in [6, 6.07) is 12.5. The van der Waals surface area contributed by atoms with Gasteiger partial charge < -0.3 is 14.4 Å². The Balaban J connectivity index is 1.73. The first-order chi connectivity index (χ1) is 11.8. The van der Waals surface area contributed by atoms with Crippen LogP contribution in [-0.2, 0) is 17.8 Å². The van der Waals surface area contributed by atoms with Gasteiger partial charge in [-0.05, 0) is 23.8 Å². The van der Waals surface area contributed by atoms with E-state index in [9.17, 15) is 0 Å². The van der Waals surface area contributed by atoms with Crippen LogP contribution in [0.1, 0.15) is 11.1 Å². The van der Waals surface area contributed by atoms with Gasteiger partial charge in [0.2, 0.25) is 0 Å². The number of rotatable bonds is 6. The van der Waals surface area contributed by atoms with Crippen molar-refractivity contribution in [1.29, 1.82) is 0 Å². The number of aromatic nitrogens is 1. The molecule has 0 fully saturated rings. The number of hydrogen-bond acceptors (Lipinski definition) is 5. The van der Waals surface area contributed by atoms with Crippen LogP contribution in [0.3, 0.4) is 0 Å². The Morgan fingerprint density at radius 2 is 1.92 bits per heavy atom. The summed E-state index contributed by atoms with van der Waals surface area (Å²) in [5.74, 6) is 1.99. The molecular formula is C19H25N3O2. The van der Waals surface area contributed by atoms with E-state index < -0.39 is 0 Å². The van der Waals surface area contributed by atoms with Gasteiger partial charge in [0, 0.05) is 51.6 Å². The van der Waals surface area contributed by atoms with E-state index in [2.05, 4.69) is 33.0 Å². The van der Waals surface area contributed by atoms with E-state index in [4.69, 9.17) is 9.47 Å². The molecule has 0 radical (unpaired) electrons. The van der Waals surface area contributed by atoms with Crippen LogP contribution in [0.25, 0.3) is 0 Å². The minimum atomic E-state index is 0.717. The summed E-state index contributed by atoms with van der Waals surface area (Å²) in [5.41, 5.74) is 2.58. The second-order valence-electron chi connectivity index (χ2n) is 6.02. The number of methoxy groups -OCH3 is 2. The Morgan fingerprint density at radius 3 is 2.67 bits per heavy atom. The Labute approximate surface area is 143 Å². The van der Waals surface area contributed by atoms with Gasteiger partial charge in [0.1, 0.15) is 11.6 Å². The zero-order valence-corrected chi connectivity index (χ0v) is 14.4. The van der Waals surface area contributed by atoms with Gasteiger partial charge in [-0.1, -0.05) is 18.2 Å². The monoisotopic (exact) mass is 327 g/mol. The molecule has 0 saturated heterocycles. The van der Waals surface area contributed by atoms with Crippen LogP contribution in [-0.4, -0.2) is 50.3 Å². The van der Waals surface area contributed by atoms with Crippen molar-refractivity contribution >= 4 is 5.82 Å². The third-order valence-electron chi connectivity index (χ3n) is 4.38. The van der Waals surface area contributed by atoms with Gasteiger partial charge in [0.25, 0.3) is 0 Å². The van der Waals surface area contributed by atoms with Crippen molar-refractivity contribution in [2.75, 3.05) is 45.4 Å². The van der Waals surface area contributed by atoms with E-state index >= 15 is 0 Å². The lowest BCUT2D eigenvalue weighted by Gasteiger charge is -2.23. The van der Waals surface area contributed by atoms with E-state index in [1.807, 2.05) is 24.4 Å². The first kappa shape index (κ1) is 16.7. The fourth-order valence-electron chi connectivity index (χ4n) is 3.07. The lowest BCUT2D eigenvalue weighted by atomic mass is 10.2. The summed E-state index contributed by atoms with van der Waals surface area (Å²) in [4.78, 5) is 9.40. The molecule has 3 rings (SSSR count). The lowest BCUT2D eigenvalue weighted by molar-refractivity contribution is 0.203. The topological polar surface area (TPSA) is 37.8 Å². The summed E-state index contributed by atoms with van der Waals surface area (Å²) >= 11 is 0. The number of fused-ring (bicyclic) bond motifs is 1. The van der Waals surface area contributed by atoms with Crippen LogP contribution < -0.4 is 9.64 Å². The predicted octanol–water partition coefficient (Wildman–Crippen LogP) is 2.56. The van der Waals surface area contributed by atoms with Gasteiger partial charge in [-0.3, -0.25) is 4.90 Å². The highest BCUT2D eigenvalue weighted by Gasteiger charge is 2.20. The van der Waals surface area contributed by atoms with Crippen molar-refractivity contribution in [2.45, 2.75) is 13.1 Å². The Bertz CT molecular complexity index is 645. The number of pyridine rings is 1. The van der Waals surface area contributed by atoms with E-state index in [0.717, 1.165) is 44.3 Å². The molecule has 0 aliphatic carbocycles. The van der Waals surface area contributed by atoms with Crippen LogP contribution in [0.15, 0.2) is 42.6 Å². The van der Waals surface area contributed by atoms with Crippen molar-refractivity contribution in [1.82, 2.24) is 9.88 Å². The summed E-state index contributed by atoms with van der Waals surface area (Å²) in [7, 11) is 3.44. The highest BCUT2D eigenvalue weighted by atomic mass is 16.5. The quantitative estimate of drug-likeness (QED) is 0.815. The minimum absolute atomic E-state index is 0.717. The van der Waals surface area contributed by atoms with Crippen LogP contribution in [0.2, 0.25) is 0 Å². The molecule has 128 valence electrons. The van der Waals surface area contributed by atoms with Crippen LogP contribution in [0.4, 0.5) is 5.82 Å². The Morgan fingerprint density at radius 1 is 1.08 bits per heavy atom. The maximum Gasteiger partial charge on any atom is 0.133 e. The van der Waals surface area contributed by atoms with Gasteiger partial charge in [-0.15, -0.1) is 0 Å². The van der Waals surface area contributed by atoms with Gasteiger partial charge in [0.05, 0.1) is 13.7 Å². The molecule has 5 heteroatoms. The molecule has 0 bridgehead atoms. The first-order valence-corrected chi connectivity index (χ1v) is 8.33. The minimum Gasteiger partial charge on any atom is -0.497 e. The van der Waals surface area contributed by atoms with Gasteiger partial charge in [0.15, 0.2) is 0 Å². The lowest BCUT2D eigenvalue weighted by Crippen LogP contribution is -2.33. The predicted molar refractivity (Wildman–Crippen MR) is 95.4 cm³/mol. The SMILES string of the molecule is COCCN1CCN(Cc2ccc(OC)cc2)Cc2cccnc21. The molecule has 1 aliphatic heterocycles. The molecule has 0 spiro atoms. The summed E-state index contributed by atoms with van der Waals surface area (Å²) in [6.45, 7) is 5.40. The molecule has 0 saturated carbocycles. The molecule has 0 unspecified atom stereocenters. The maximum absolute atomic E-state index is 5.25. The number of benzene rings is 1. The zero-order valence-electron chi connectivity index (χ0n) is 14.4. The number of hydrogen-bond donors (Lipinski definition) is 0. The molecule has 5 nitrogen and oxygen atoms in total. The molecular weight excluding hydrogens is 302 g/mol. The van der Waals surface area contributed by atoms with Crippen LogP contribution in [0, 0.1) is 0 Å². The van der Waals surface area contributed by atoms with Crippen molar-refractivity contribution in [2.24, 2.45) is 0 Å². The van der Waals surface area contributed by atoms with Crippen molar-refractivity contribution < 1.29 is 9.47 Å². The molecule has 1 aliphatic rings. The van der Waals surface area contributed by atoms with Crippen molar-refractivity contribution in [3.63, 3.8) is 0 Å². The maximum atomic E-state index is 5.25. The Kier molecular flexibility index (Phi) is 5.67. The summed E-state index contributed by atoms with van der Waals surface area (Å²) in [6.07, 6.45) is 1.87. The van der Waals surface area contributed by atoms with Gasteiger partial charge >= 0.3 is 0 Å². The smallest absolute Gasteiger partial charge is 0.133 e. The molecule has 0 N–H and O–H groups in total. The molecule has 2 heterocycles. The first-order valence-electron chi connectivity index (χ1n) is 8.33. The highest BCUT2D eigenvalue weighted by Crippen LogP contribution is 2.23. The molecule has 0 amide bonds. The number of anilines is 1. The third kappa shape index (κ3) is 4.04. The van der Waals surface area contributed by atoms with Crippen molar-refractivity contribution in [3.05, 3.63) is 53.7 Å². The number of ether oxygens (including phenoxy) is 2. The van der Waals surface area contributed by atoms with E-state index in [1.54, 1.807) is 14.2 Å². The van der Waals surface area contributed by atoms with Gasteiger partial charge in [-0.25, -0.2) is 4.98 Å². The average molecular weight is 327 g/mol. The van der Waals surface area contributed by atoms with E-state index in [-0.39, 0.29) is 0 Å². The van der Waals surface area contributed by atoms with Crippen molar-refractivity contribution in [3.8, 4) is 5.75 Å². The number of nitrogens with zero attached hydrogens (tertiary/aromatic N) is 3. The molecule has 1 aromatic heterocycles. The second kappa shape index (κ2) is 8.13. The fourth-order valence-corrected chi connectivity index (χ4v) is 3.07. The standard InChI is InChI=1S/C19H25N3O2/c1-23-13-12-22-11-10-21(15-17-4-3-9-20-19(17)22)14-16-5-7-18(24-2)8-6-16/h3-9H,10-15H2,1-2H3. The summed E-state index contributed by atoms with van der Waals surface area (Å²) in [5, 5.41) is 0. The highest BCUT2D eigenvalue weighted by molar-refractivity contribution is 5.47. The fraction of sp³-hybridized carbons (Fsp3) is 0.421. The summed E-state index contributed by atoms with van der Waals surface area (Å²) < 4.78 is 10.5. The molecule has 0 atom stereocenters. The van der Waals surface area contributed by atoms with Gasteiger partial charge in [-0.2, -0.15) is 0 Å². The van der Waals surface area contributed by atoms with E-state index in [0.29, 0.717) is 6.61 Å². The zero-order chi connectivity index (χ0) is 16.8. The Hall–Kier alpha value is -2.11. The molecule has 24 heavy (non-hydrogen) atoms. The average Bonchev–Trinajstić information content (AvgIpc) is 2.80. The largest absolute Gasteiger partial charge is 0.497 e.